The highest BCUT2D eigenvalue weighted by atomic mass is 16.5. The molecule has 0 unspecified atom stereocenters. The summed E-state index contributed by atoms with van der Waals surface area (Å²) in [5.74, 6) is 6.97. The maximum Gasteiger partial charge on any atom is 0.119 e. The van der Waals surface area contributed by atoms with Crippen molar-refractivity contribution in [1.82, 2.24) is 0 Å². The van der Waals surface area contributed by atoms with Gasteiger partial charge in [0.05, 0.1) is 18.0 Å². The van der Waals surface area contributed by atoms with Crippen LogP contribution < -0.4 is 15.6 Å². The van der Waals surface area contributed by atoms with Crippen molar-refractivity contribution >= 4 is 11.4 Å². The third kappa shape index (κ3) is 3.73. The van der Waals surface area contributed by atoms with E-state index >= 15 is 0 Å². The molecular weight excluding hydrogens is 236 g/mol. The number of ether oxygens (including phenoxy) is 1. The summed E-state index contributed by atoms with van der Waals surface area (Å²) in [4.78, 5) is 0. The molecule has 2 rings (SSSR count). The number of hydrazine groups is 1. The van der Waals surface area contributed by atoms with Gasteiger partial charge in [-0.3, -0.25) is 5.01 Å². The molecule has 0 spiro atoms. The highest BCUT2D eigenvalue weighted by molar-refractivity contribution is 5.61. The number of nitrogens with two attached hydrogens (primary N) is 1. The molecule has 100 valence electrons. The number of unbranched alkanes of at least 4 members (excludes halogenated alkanes) is 1. The predicted octanol–water partition coefficient (Wildman–Crippen LogP) is 3.88. The Morgan fingerprint density at radius 3 is 2.21 bits per heavy atom. The van der Waals surface area contributed by atoms with Crippen molar-refractivity contribution < 1.29 is 4.74 Å². The molecule has 0 amide bonds. The van der Waals surface area contributed by atoms with E-state index < -0.39 is 0 Å². The molecule has 0 bridgehead atoms. The number of nitrogens with zero attached hydrogens (tertiary/aromatic N) is 1. The first kappa shape index (κ1) is 13.4. The van der Waals surface area contributed by atoms with E-state index in [1.165, 1.54) is 0 Å². The van der Waals surface area contributed by atoms with Crippen molar-refractivity contribution in [1.29, 1.82) is 0 Å². The molecule has 0 aliphatic carbocycles. The first-order valence-corrected chi connectivity index (χ1v) is 6.64. The number of benzene rings is 2. The molecule has 19 heavy (non-hydrogen) atoms. The zero-order chi connectivity index (χ0) is 13.5. The van der Waals surface area contributed by atoms with Gasteiger partial charge in [-0.25, -0.2) is 5.84 Å². The van der Waals surface area contributed by atoms with E-state index in [-0.39, 0.29) is 0 Å². The van der Waals surface area contributed by atoms with Crippen LogP contribution in [0.4, 0.5) is 11.4 Å². The van der Waals surface area contributed by atoms with Crippen LogP contribution in [0.2, 0.25) is 0 Å². The zero-order valence-electron chi connectivity index (χ0n) is 11.3. The normalized spacial score (nSPS) is 10.2. The summed E-state index contributed by atoms with van der Waals surface area (Å²) >= 11 is 0. The van der Waals surface area contributed by atoms with Crippen molar-refractivity contribution in [3.05, 3.63) is 54.6 Å². The Kier molecular flexibility index (Phi) is 4.81. The van der Waals surface area contributed by atoms with Gasteiger partial charge in [0.15, 0.2) is 0 Å². The SMILES string of the molecule is CCCCOc1ccc(N(N)c2ccccc2)cc1. The Morgan fingerprint density at radius 1 is 0.947 bits per heavy atom. The average Bonchev–Trinajstić information content (AvgIpc) is 2.48. The lowest BCUT2D eigenvalue weighted by Crippen LogP contribution is -2.24. The molecule has 0 aromatic heterocycles. The molecule has 0 saturated carbocycles. The Bertz CT molecular complexity index is 482. The van der Waals surface area contributed by atoms with Gasteiger partial charge in [0.25, 0.3) is 0 Å². The highest BCUT2D eigenvalue weighted by Crippen LogP contribution is 2.23. The number of anilines is 2. The lowest BCUT2D eigenvalue weighted by Gasteiger charge is -2.19. The minimum absolute atomic E-state index is 0.765. The van der Waals surface area contributed by atoms with Gasteiger partial charge in [-0.15, -0.1) is 0 Å². The number of hydrogen-bond acceptors (Lipinski definition) is 3. The van der Waals surface area contributed by atoms with Gasteiger partial charge in [0, 0.05) is 0 Å². The van der Waals surface area contributed by atoms with Gasteiger partial charge in [-0.1, -0.05) is 31.5 Å². The fourth-order valence-corrected chi connectivity index (χ4v) is 1.77. The first-order valence-electron chi connectivity index (χ1n) is 6.64. The van der Waals surface area contributed by atoms with Crippen molar-refractivity contribution in [2.45, 2.75) is 19.8 Å². The molecule has 3 nitrogen and oxygen atoms in total. The van der Waals surface area contributed by atoms with Crippen molar-refractivity contribution in [2.75, 3.05) is 11.6 Å². The summed E-state index contributed by atoms with van der Waals surface area (Å²) in [5.41, 5.74) is 1.90. The minimum Gasteiger partial charge on any atom is -0.494 e. The standard InChI is InChI=1S/C16H20N2O/c1-2-3-13-19-16-11-9-15(10-12-16)18(17)14-7-5-4-6-8-14/h4-12H,2-3,13,17H2,1H3. The summed E-state index contributed by atoms with van der Waals surface area (Å²) in [6, 6.07) is 17.7. The molecule has 2 N–H and O–H groups in total. The van der Waals surface area contributed by atoms with Crippen molar-refractivity contribution in [2.24, 2.45) is 5.84 Å². The van der Waals surface area contributed by atoms with Crippen LogP contribution >= 0.6 is 0 Å². The van der Waals surface area contributed by atoms with Gasteiger partial charge >= 0.3 is 0 Å². The monoisotopic (exact) mass is 256 g/mol. The Balaban J connectivity index is 2.02. The predicted molar refractivity (Wildman–Crippen MR) is 79.6 cm³/mol. The summed E-state index contributed by atoms with van der Waals surface area (Å²) in [5, 5.41) is 1.66. The van der Waals surface area contributed by atoms with Crippen LogP contribution in [0, 0.1) is 0 Å². The van der Waals surface area contributed by atoms with Crippen LogP contribution in [0.25, 0.3) is 0 Å². The molecular formula is C16H20N2O. The van der Waals surface area contributed by atoms with Crippen molar-refractivity contribution in [3.8, 4) is 5.75 Å². The van der Waals surface area contributed by atoms with Gasteiger partial charge in [0.2, 0.25) is 0 Å². The van der Waals surface area contributed by atoms with Crippen LogP contribution in [0.15, 0.2) is 54.6 Å². The molecule has 0 fully saturated rings. The largest absolute Gasteiger partial charge is 0.494 e. The second-order valence-electron chi connectivity index (χ2n) is 4.40. The molecule has 0 radical (unpaired) electrons. The Labute approximate surface area is 114 Å². The van der Waals surface area contributed by atoms with E-state index in [9.17, 15) is 0 Å². The van der Waals surface area contributed by atoms with Gasteiger partial charge in [-0.05, 0) is 42.8 Å². The second kappa shape index (κ2) is 6.81. The second-order valence-corrected chi connectivity index (χ2v) is 4.40. The number of rotatable bonds is 6. The van der Waals surface area contributed by atoms with E-state index in [0.717, 1.165) is 36.6 Å². The maximum atomic E-state index is 6.08. The fraction of sp³-hybridized carbons (Fsp3) is 0.250. The number of para-hydroxylation sites is 1. The van der Waals surface area contributed by atoms with Crippen LogP contribution in [0.3, 0.4) is 0 Å². The smallest absolute Gasteiger partial charge is 0.119 e. The third-order valence-corrected chi connectivity index (χ3v) is 2.92. The lowest BCUT2D eigenvalue weighted by atomic mass is 10.2. The topological polar surface area (TPSA) is 38.5 Å². The summed E-state index contributed by atoms with van der Waals surface area (Å²) in [6.07, 6.45) is 2.22. The molecule has 0 atom stereocenters. The number of hydrogen-bond donors (Lipinski definition) is 1. The van der Waals surface area contributed by atoms with Crippen LogP contribution in [-0.2, 0) is 0 Å². The summed E-state index contributed by atoms with van der Waals surface area (Å²) in [7, 11) is 0. The van der Waals surface area contributed by atoms with E-state index in [0.29, 0.717) is 0 Å². The summed E-state index contributed by atoms with van der Waals surface area (Å²) in [6.45, 7) is 2.92. The third-order valence-electron chi connectivity index (χ3n) is 2.92. The van der Waals surface area contributed by atoms with Crippen LogP contribution in [-0.4, -0.2) is 6.61 Å². The van der Waals surface area contributed by atoms with Gasteiger partial charge in [-0.2, -0.15) is 0 Å². The van der Waals surface area contributed by atoms with Gasteiger partial charge in [0.1, 0.15) is 5.75 Å². The molecule has 0 saturated heterocycles. The van der Waals surface area contributed by atoms with Gasteiger partial charge < -0.3 is 4.74 Å². The van der Waals surface area contributed by atoms with Crippen molar-refractivity contribution in [3.63, 3.8) is 0 Å². The molecule has 0 heterocycles. The van der Waals surface area contributed by atoms with Crippen LogP contribution in [0.5, 0.6) is 5.75 Å². The highest BCUT2D eigenvalue weighted by Gasteiger charge is 2.03. The Hall–Kier alpha value is -2.00. The molecule has 0 aliphatic rings. The van der Waals surface area contributed by atoms with E-state index in [4.69, 9.17) is 10.6 Å². The quantitative estimate of drug-likeness (QED) is 0.484. The van der Waals surface area contributed by atoms with E-state index in [1.807, 2.05) is 54.6 Å². The lowest BCUT2D eigenvalue weighted by molar-refractivity contribution is 0.309. The average molecular weight is 256 g/mol. The minimum atomic E-state index is 0.765. The zero-order valence-corrected chi connectivity index (χ0v) is 11.3. The summed E-state index contributed by atoms with van der Waals surface area (Å²) < 4.78 is 5.63. The molecule has 2 aromatic rings. The maximum absolute atomic E-state index is 6.08. The Morgan fingerprint density at radius 2 is 1.58 bits per heavy atom. The molecule has 0 aliphatic heterocycles. The van der Waals surface area contributed by atoms with Crippen LogP contribution in [0.1, 0.15) is 19.8 Å². The first-order chi connectivity index (χ1) is 9.31. The fourth-order valence-electron chi connectivity index (χ4n) is 1.77. The molecule has 2 aromatic carbocycles. The molecule has 3 heteroatoms. The van der Waals surface area contributed by atoms with E-state index in [1.54, 1.807) is 5.01 Å². The van der Waals surface area contributed by atoms with E-state index in [2.05, 4.69) is 6.92 Å².